The molecule has 3 nitrogen and oxygen atoms in total. The van der Waals surface area contributed by atoms with Gasteiger partial charge < -0.3 is 15.0 Å². The van der Waals surface area contributed by atoms with Crippen molar-refractivity contribution in [2.75, 3.05) is 38.2 Å². The van der Waals surface area contributed by atoms with Gasteiger partial charge in [-0.3, -0.25) is 0 Å². The van der Waals surface area contributed by atoms with E-state index in [0.717, 1.165) is 37.7 Å². The summed E-state index contributed by atoms with van der Waals surface area (Å²) in [6.45, 7) is 5.80. The third-order valence-electron chi connectivity index (χ3n) is 3.37. The lowest BCUT2D eigenvalue weighted by atomic mass is 10.1. The number of benzene rings is 1. The van der Waals surface area contributed by atoms with Crippen molar-refractivity contribution in [3.63, 3.8) is 0 Å². The van der Waals surface area contributed by atoms with Crippen LogP contribution in [0.25, 0.3) is 0 Å². The van der Waals surface area contributed by atoms with Gasteiger partial charge in [-0.25, -0.2) is 0 Å². The first-order valence-electron chi connectivity index (χ1n) is 6.48. The van der Waals surface area contributed by atoms with E-state index in [1.807, 2.05) is 13.1 Å². The van der Waals surface area contributed by atoms with E-state index in [4.69, 9.17) is 16.3 Å². The maximum absolute atomic E-state index is 6.09. The topological polar surface area (TPSA) is 24.5 Å². The van der Waals surface area contributed by atoms with Gasteiger partial charge in [0, 0.05) is 23.8 Å². The molecule has 1 heterocycles. The quantitative estimate of drug-likeness (QED) is 0.908. The third-order valence-corrected chi connectivity index (χ3v) is 3.60. The Kier molecular flexibility index (Phi) is 4.87. The molecule has 0 amide bonds. The molecule has 0 aromatic heterocycles. The Morgan fingerprint density at radius 1 is 1.50 bits per heavy atom. The molecule has 1 aliphatic heterocycles. The smallest absolute Gasteiger partial charge is 0.0762 e. The van der Waals surface area contributed by atoms with Crippen LogP contribution in [0.15, 0.2) is 18.2 Å². The van der Waals surface area contributed by atoms with Gasteiger partial charge in [-0.05, 0) is 44.6 Å². The Labute approximate surface area is 114 Å². The highest BCUT2D eigenvalue weighted by Crippen LogP contribution is 2.26. The molecule has 0 radical (unpaired) electrons. The molecule has 1 atom stereocenters. The van der Waals surface area contributed by atoms with Crippen LogP contribution in [0.4, 0.5) is 5.69 Å². The van der Waals surface area contributed by atoms with Crippen molar-refractivity contribution in [1.29, 1.82) is 0 Å². The summed E-state index contributed by atoms with van der Waals surface area (Å²) in [4.78, 5) is 2.38. The number of nitrogens with one attached hydrogen (secondary N) is 1. The second kappa shape index (κ2) is 6.41. The summed E-state index contributed by atoms with van der Waals surface area (Å²) in [5.41, 5.74) is 2.51. The number of aryl methyl sites for hydroxylation is 1. The van der Waals surface area contributed by atoms with E-state index in [0.29, 0.717) is 6.10 Å². The summed E-state index contributed by atoms with van der Waals surface area (Å²) in [5.74, 6) is 0. The highest BCUT2D eigenvalue weighted by molar-refractivity contribution is 6.30. The predicted molar refractivity (Wildman–Crippen MR) is 76.7 cm³/mol. The van der Waals surface area contributed by atoms with Crippen molar-refractivity contribution in [2.45, 2.75) is 19.4 Å². The van der Waals surface area contributed by atoms with Crippen molar-refractivity contribution in [3.05, 3.63) is 28.8 Å². The number of nitrogens with zero attached hydrogens (tertiary/aromatic N) is 1. The molecule has 0 aliphatic carbocycles. The molecule has 1 aromatic rings. The summed E-state index contributed by atoms with van der Waals surface area (Å²) < 4.78 is 5.79. The number of ether oxygens (including phenoxy) is 1. The summed E-state index contributed by atoms with van der Waals surface area (Å²) >= 11 is 6.09. The predicted octanol–water partition coefficient (Wildman–Crippen LogP) is 2.46. The van der Waals surface area contributed by atoms with E-state index < -0.39 is 0 Å². The minimum atomic E-state index is 0.310. The molecule has 1 aliphatic rings. The monoisotopic (exact) mass is 268 g/mol. The molecule has 1 aromatic carbocycles. The lowest BCUT2D eigenvalue weighted by Crippen LogP contribution is -2.43. The highest BCUT2D eigenvalue weighted by atomic mass is 35.5. The van der Waals surface area contributed by atoms with Crippen LogP contribution in [-0.4, -0.2) is 39.4 Å². The fourth-order valence-electron chi connectivity index (χ4n) is 2.34. The Hall–Kier alpha value is -0.770. The Balaban J connectivity index is 2.05. The highest BCUT2D eigenvalue weighted by Gasteiger charge is 2.21. The summed E-state index contributed by atoms with van der Waals surface area (Å²) in [7, 11) is 1.97. The van der Waals surface area contributed by atoms with Gasteiger partial charge in [0.1, 0.15) is 0 Å². The van der Waals surface area contributed by atoms with Gasteiger partial charge in [-0.15, -0.1) is 0 Å². The van der Waals surface area contributed by atoms with E-state index in [1.165, 1.54) is 11.3 Å². The molecule has 4 heteroatoms. The zero-order valence-electron chi connectivity index (χ0n) is 11.1. The maximum Gasteiger partial charge on any atom is 0.0762 e. The molecule has 0 saturated carbocycles. The average Bonchev–Trinajstić information content (AvgIpc) is 2.39. The third kappa shape index (κ3) is 3.37. The van der Waals surface area contributed by atoms with Gasteiger partial charge in [-0.2, -0.15) is 0 Å². The normalized spacial score (nSPS) is 20.2. The molecule has 2 rings (SSSR count). The number of hydrogen-bond donors (Lipinski definition) is 1. The minimum absolute atomic E-state index is 0.310. The standard InChI is InChI=1S/C14H21ClN2O/c1-11-3-4-12(15)9-14(11)17-7-8-18-13(10-17)5-6-16-2/h3-4,9,13,16H,5-8,10H2,1-2H3. The molecule has 18 heavy (non-hydrogen) atoms. The van der Waals surface area contributed by atoms with E-state index in [9.17, 15) is 0 Å². The second-order valence-electron chi connectivity index (χ2n) is 4.76. The number of morpholine rings is 1. The molecule has 0 spiro atoms. The van der Waals surface area contributed by atoms with Gasteiger partial charge in [-0.1, -0.05) is 17.7 Å². The second-order valence-corrected chi connectivity index (χ2v) is 5.20. The largest absolute Gasteiger partial charge is 0.374 e. The zero-order valence-corrected chi connectivity index (χ0v) is 11.8. The first-order valence-corrected chi connectivity index (χ1v) is 6.86. The zero-order chi connectivity index (χ0) is 13.0. The number of halogens is 1. The summed E-state index contributed by atoms with van der Waals surface area (Å²) in [5, 5.41) is 3.97. The number of anilines is 1. The van der Waals surface area contributed by atoms with Crippen LogP contribution in [0.1, 0.15) is 12.0 Å². The molecule has 1 unspecified atom stereocenters. The molecular weight excluding hydrogens is 248 g/mol. The molecule has 1 N–H and O–H groups in total. The first-order chi connectivity index (χ1) is 8.70. The first kappa shape index (κ1) is 13.7. The van der Waals surface area contributed by atoms with Crippen molar-refractivity contribution in [2.24, 2.45) is 0 Å². The van der Waals surface area contributed by atoms with Crippen LogP contribution in [0.2, 0.25) is 5.02 Å². The van der Waals surface area contributed by atoms with Gasteiger partial charge in [0.25, 0.3) is 0 Å². The molecular formula is C14H21ClN2O. The van der Waals surface area contributed by atoms with Crippen LogP contribution in [0, 0.1) is 6.92 Å². The number of rotatable bonds is 4. The number of hydrogen-bond acceptors (Lipinski definition) is 3. The Morgan fingerprint density at radius 3 is 3.11 bits per heavy atom. The van der Waals surface area contributed by atoms with Crippen LogP contribution in [0.3, 0.4) is 0 Å². The molecule has 100 valence electrons. The Morgan fingerprint density at radius 2 is 2.33 bits per heavy atom. The van der Waals surface area contributed by atoms with Crippen molar-refractivity contribution in [1.82, 2.24) is 5.32 Å². The van der Waals surface area contributed by atoms with E-state index in [1.54, 1.807) is 0 Å². The van der Waals surface area contributed by atoms with Crippen LogP contribution in [-0.2, 0) is 4.74 Å². The molecule has 1 saturated heterocycles. The van der Waals surface area contributed by atoms with E-state index in [-0.39, 0.29) is 0 Å². The van der Waals surface area contributed by atoms with Gasteiger partial charge in [0.2, 0.25) is 0 Å². The van der Waals surface area contributed by atoms with Gasteiger partial charge in [0.05, 0.1) is 12.7 Å². The van der Waals surface area contributed by atoms with Crippen LogP contribution in [0.5, 0.6) is 0 Å². The molecule has 1 fully saturated rings. The lowest BCUT2D eigenvalue weighted by molar-refractivity contribution is 0.0357. The van der Waals surface area contributed by atoms with Gasteiger partial charge in [0.15, 0.2) is 0 Å². The fraction of sp³-hybridized carbons (Fsp3) is 0.571. The van der Waals surface area contributed by atoms with Crippen LogP contribution < -0.4 is 10.2 Å². The van der Waals surface area contributed by atoms with Gasteiger partial charge >= 0.3 is 0 Å². The minimum Gasteiger partial charge on any atom is -0.374 e. The van der Waals surface area contributed by atoms with Crippen molar-refractivity contribution in [3.8, 4) is 0 Å². The van der Waals surface area contributed by atoms with Crippen molar-refractivity contribution >= 4 is 17.3 Å². The van der Waals surface area contributed by atoms with E-state index in [2.05, 4.69) is 29.3 Å². The SMILES string of the molecule is CNCCC1CN(c2cc(Cl)ccc2C)CCO1. The van der Waals surface area contributed by atoms with Crippen LogP contribution >= 0.6 is 11.6 Å². The maximum atomic E-state index is 6.09. The van der Waals surface area contributed by atoms with E-state index >= 15 is 0 Å². The lowest BCUT2D eigenvalue weighted by Gasteiger charge is -2.35. The molecule has 0 bridgehead atoms. The Bertz CT molecular complexity index is 397. The average molecular weight is 269 g/mol. The fourth-order valence-corrected chi connectivity index (χ4v) is 2.51. The summed E-state index contributed by atoms with van der Waals surface area (Å²) in [6.07, 6.45) is 1.36. The van der Waals surface area contributed by atoms with Crippen molar-refractivity contribution < 1.29 is 4.74 Å². The summed E-state index contributed by atoms with van der Waals surface area (Å²) in [6, 6.07) is 6.08.